The lowest BCUT2D eigenvalue weighted by Crippen LogP contribution is -2.25. The van der Waals surface area contributed by atoms with Gasteiger partial charge in [0.05, 0.1) is 5.41 Å². The summed E-state index contributed by atoms with van der Waals surface area (Å²) in [5.41, 5.74) is 22.6. The van der Waals surface area contributed by atoms with E-state index in [0.717, 1.165) is 0 Å². The van der Waals surface area contributed by atoms with Crippen LogP contribution < -0.4 is 0 Å². The molecule has 0 N–H and O–H groups in total. The summed E-state index contributed by atoms with van der Waals surface area (Å²) in [5.74, 6) is 0. The van der Waals surface area contributed by atoms with Crippen LogP contribution in [0.4, 0.5) is 0 Å². The Kier molecular flexibility index (Phi) is 7.19. The normalized spacial score (nSPS) is 12.9. The summed E-state index contributed by atoms with van der Waals surface area (Å²) >= 11 is 0. The van der Waals surface area contributed by atoms with Crippen molar-refractivity contribution in [2.45, 2.75) is 5.41 Å². The number of benzene rings is 9. The largest absolute Gasteiger partial charge is 0.0725 e. The van der Waals surface area contributed by atoms with Crippen molar-refractivity contribution in [3.8, 4) is 77.9 Å². The van der Waals surface area contributed by atoms with Crippen LogP contribution in [0.3, 0.4) is 0 Å². The highest BCUT2D eigenvalue weighted by Gasteiger charge is 2.51. The minimum atomic E-state index is -0.356. The second-order valence-corrected chi connectivity index (χ2v) is 14.8. The van der Waals surface area contributed by atoms with Crippen molar-refractivity contribution in [3.63, 3.8) is 0 Å². The summed E-state index contributed by atoms with van der Waals surface area (Å²) in [5, 5.41) is 0. The third kappa shape index (κ3) is 4.78. The highest BCUT2D eigenvalue weighted by molar-refractivity contribution is 5.99. The predicted octanol–water partition coefficient (Wildman–Crippen LogP) is 14.4. The Morgan fingerprint density at radius 1 is 0.200 bits per heavy atom. The molecule has 0 amide bonds. The van der Waals surface area contributed by atoms with Crippen molar-refractivity contribution >= 4 is 0 Å². The van der Waals surface area contributed by atoms with Crippen LogP contribution in [0, 0.1) is 0 Å². The first-order valence-corrected chi connectivity index (χ1v) is 19.2. The van der Waals surface area contributed by atoms with Crippen LogP contribution in [-0.2, 0) is 5.41 Å². The summed E-state index contributed by atoms with van der Waals surface area (Å²) in [6.45, 7) is 0. The summed E-state index contributed by atoms with van der Waals surface area (Å²) in [6.07, 6.45) is 0. The average molecular weight is 697 g/mol. The molecule has 256 valence electrons. The van der Waals surface area contributed by atoms with E-state index < -0.39 is 0 Å². The summed E-state index contributed by atoms with van der Waals surface area (Å²) in [7, 11) is 0. The quantitative estimate of drug-likeness (QED) is 0.168. The topological polar surface area (TPSA) is 0 Å². The molecular formula is C55H36. The van der Waals surface area contributed by atoms with Gasteiger partial charge in [-0.3, -0.25) is 0 Å². The SMILES string of the molecule is c1ccc(-c2cc(-c3ccccc3)c(-c3ccc(-c4ccc5c(c4)C4(c6ccccc6-c6ccccc64)c4ccccc4-5)cc3)c(-c3ccccc3)c2)cc1. The minimum Gasteiger partial charge on any atom is -0.0622 e. The molecule has 0 heteroatoms. The van der Waals surface area contributed by atoms with Gasteiger partial charge in [-0.05, 0) is 118 Å². The van der Waals surface area contributed by atoms with Crippen molar-refractivity contribution in [2.75, 3.05) is 0 Å². The minimum absolute atomic E-state index is 0.356. The van der Waals surface area contributed by atoms with Gasteiger partial charge < -0.3 is 0 Å². The van der Waals surface area contributed by atoms with Crippen LogP contribution in [-0.4, -0.2) is 0 Å². The van der Waals surface area contributed by atoms with E-state index in [9.17, 15) is 0 Å². The van der Waals surface area contributed by atoms with Crippen LogP contribution in [0.15, 0.2) is 218 Å². The number of fused-ring (bicyclic) bond motifs is 10. The highest BCUT2D eigenvalue weighted by atomic mass is 14.5. The molecule has 0 aliphatic heterocycles. The Bertz CT molecular complexity index is 2760. The van der Waals surface area contributed by atoms with Gasteiger partial charge in [-0.2, -0.15) is 0 Å². The third-order valence-electron chi connectivity index (χ3n) is 11.9. The predicted molar refractivity (Wildman–Crippen MR) is 230 cm³/mol. The van der Waals surface area contributed by atoms with Gasteiger partial charge in [-0.15, -0.1) is 0 Å². The van der Waals surface area contributed by atoms with E-state index in [1.807, 2.05) is 0 Å². The lowest BCUT2D eigenvalue weighted by molar-refractivity contribution is 0.794. The molecule has 0 nitrogen and oxygen atoms in total. The maximum atomic E-state index is 2.47. The van der Waals surface area contributed by atoms with E-state index in [2.05, 4.69) is 218 Å². The second kappa shape index (κ2) is 12.5. The molecule has 0 radical (unpaired) electrons. The van der Waals surface area contributed by atoms with E-state index in [-0.39, 0.29) is 5.41 Å². The molecule has 11 rings (SSSR count). The van der Waals surface area contributed by atoms with E-state index in [4.69, 9.17) is 0 Å². The molecule has 0 unspecified atom stereocenters. The molecule has 0 bridgehead atoms. The molecule has 55 heavy (non-hydrogen) atoms. The van der Waals surface area contributed by atoms with Crippen molar-refractivity contribution in [1.29, 1.82) is 0 Å². The van der Waals surface area contributed by atoms with Crippen LogP contribution >= 0.6 is 0 Å². The summed E-state index contributed by atoms with van der Waals surface area (Å²) in [4.78, 5) is 0. The third-order valence-corrected chi connectivity index (χ3v) is 11.9. The molecule has 2 aliphatic carbocycles. The first-order valence-electron chi connectivity index (χ1n) is 19.2. The van der Waals surface area contributed by atoms with Gasteiger partial charge in [-0.1, -0.05) is 200 Å². The Labute approximate surface area is 322 Å². The highest BCUT2D eigenvalue weighted by Crippen LogP contribution is 2.63. The molecule has 9 aromatic rings. The first-order chi connectivity index (χ1) is 27.3. The van der Waals surface area contributed by atoms with Gasteiger partial charge in [0.25, 0.3) is 0 Å². The van der Waals surface area contributed by atoms with Crippen LogP contribution in [0.25, 0.3) is 77.9 Å². The lowest BCUT2D eigenvalue weighted by atomic mass is 9.70. The fraction of sp³-hybridized carbons (Fsp3) is 0.0182. The fourth-order valence-electron chi connectivity index (χ4n) is 9.54. The Hall–Kier alpha value is -7.02. The number of rotatable bonds is 5. The maximum Gasteiger partial charge on any atom is 0.0725 e. The van der Waals surface area contributed by atoms with Crippen LogP contribution in [0.5, 0.6) is 0 Å². The molecule has 0 aromatic heterocycles. The zero-order chi connectivity index (χ0) is 36.3. The van der Waals surface area contributed by atoms with Crippen molar-refractivity contribution < 1.29 is 0 Å². The summed E-state index contributed by atoms with van der Waals surface area (Å²) in [6, 6.07) is 80.7. The molecule has 0 fully saturated rings. The van der Waals surface area contributed by atoms with E-state index in [0.29, 0.717) is 0 Å². The number of hydrogen-bond acceptors (Lipinski definition) is 0. The van der Waals surface area contributed by atoms with E-state index >= 15 is 0 Å². The molecule has 0 atom stereocenters. The van der Waals surface area contributed by atoms with Gasteiger partial charge in [0, 0.05) is 0 Å². The Morgan fingerprint density at radius 2 is 0.564 bits per heavy atom. The standard InChI is InChI=1S/C55H36/c1-4-16-37(17-5-1)43-34-48(39-18-6-2-7-19-39)54(49(35-43)40-20-8-3-9-21-40)41-30-28-38(29-31-41)42-32-33-47-46-24-12-15-27-52(46)55(53(47)36-42)50-25-13-10-22-44(50)45-23-11-14-26-51(45)55/h1-36H. The van der Waals surface area contributed by atoms with Gasteiger partial charge in [0.15, 0.2) is 0 Å². The Morgan fingerprint density at radius 3 is 1.05 bits per heavy atom. The van der Waals surface area contributed by atoms with Crippen LogP contribution in [0.1, 0.15) is 22.3 Å². The van der Waals surface area contributed by atoms with Crippen molar-refractivity contribution in [1.82, 2.24) is 0 Å². The van der Waals surface area contributed by atoms with Gasteiger partial charge in [0.2, 0.25) is 0 Å². The molecule has 9 aromatic carbocycles. The smallest absolute Gasteiger partial charge is 0.0622 e. The average Bonchev–Trinajstić information content (AvgIpc) is 3.74. The van der Waals surface area contributed by atoms with Crippen molar-refractivity contribution in [3.05, 3.63) is 241 Å². The molecular weight excluding hydrogens is 661 g/mol. The zero-order valence-corrected chi connectivity index (χ0v) is 30.3. The van der Waals surface area contributed by atoms with Crippen molar-refractivity contribution in [2.24, 2.45) is 0 Å². The second-order valence-electron chi connectivity index (χ2n) is 14.8. The fourth-order valence-corrected chi connectivity index (χ4v) is 9.54. The summed E-state index contributed by atoms with van der Waals surface area (Å²) < 4.78 is 0. The number of hydrogen-bond donors (Lipinski definition) is 0. The molecule has 0 saturated carbocycles. The zero-order valence-electron chi connectivity index (χ0n) is 30.3. The molecule has 0 saturated heterocycles. The lowest BCUT2D eigenvalue weighted by Gasteiger charge is -2.30. The van der Waals surface area contributed by atoms with Gasteiger partial charge in [-0.25, -0.2) is 0 Å². The van der Waals surface area contributed by atoms with E-state index in [1.54, 1.807) is 0 Å². The van der Waals surface area contributed by atoms with Gasteiger partial charge in [0.1, 0.15) is 0 Å². The van der Waals surface area contributed by atoms with Gasteiger partial charge >= 0.3 is 0 Å². The molecule has 2 aliphatic rings. The maximum absolute atomic E-state index is 2.47. The molecule has 0 heterocycles. The molecule has 1 spiro atoms. The Balaban J connectivity index is 1.09. The monoisotopic (exact) mass is 696 g/mol. The van der Waals surface area contributed by atoms with E-state index in [1.165, 1.54) is 100 Å². The van der Waals surface area contributed by atoms with Crippen LogP contribution in [0.2, 0.25) is 0 Å². The first kappa shape index (κ1) is 31.5.